The van der Waals surface area contributed by atoms with Crippen LogP contribution in [0.15, 0.2) is 33.3 Å². The van der Waals surface area contributed by atoms with Crippen molar-refractivity contribution in [1.82, 2.24) is 5.16 Å². The summed E-state index contributed by atoms with van der Waals surface area (Å²) in [5.74, 6) is 1.57. The molecule has 4 nitrogen and oxygen atoms in total. The molecular weight excluding hydrogens is 373 g/mol. The Morgan fingerprint density at radius 2 is 2.00 bits per heavy atom. The van der Waals surface area contributed by atoms with E-state index in [1.165, 1.54) is 0 Å². The maximum Gasteiger partial charge on any atom is 0.145 e. The zero-order valence-corrected chi connectivity index (χ0v) is 16.4. The number of halogens is 2. The van der Waals surface area contributed by atoms with Gasteiger partial charge < -0.3 is 9.26 Å². The highest BCUT2D eigenvalue weighted by Gasteiger charge is 2.34. The van der Waals surface area contributed by atoms with Gasteiger partial charge in [-0.15, -0.1) is 0 Å². The van der Waals surface area contributed by atoms with Gasteiger partial charge >= 0.3 is 0 Å². The monoisotopic (exact) mass is 395 g/mol. The van der Waals surface area contributed by atoms with Crippen LogP contribution in [0, 0.1) is 0 Å². The van der Waals surface area contributed by atoms with Crippen LogP contribution >= 0.6 is 23.2 Å². The Balaban J connectivity index is 1.86. The summed E-state index contributed by atoms with van der Waals surface area (Å²) in [5.41, 5.74) is 2.19. The van der Waals surface area contributed by atoms with Gasteiger partial charge in [0.25, 0.3) is 0 Å². The first kappa shape index (κ1) is 19.4. The van der Waals surface area contributed by atoms with Crippen LogP contribution in [0.25, 0.3) is 5.57 Å². The van der Waals surface area contributed by atoms with Crippen LogP contribution in [0.2, 0.25) is 0 Å². The van der Waals surface area contributed by atoms with E-state index in [4.69, 9.17) is 32.5 Å². The van der Waals surface area contributed by atoms with Crippen LogP contribution in [0.5, 0.6) is 0 Å². The van der Waals surface area contributed by atoms with Crippen molar-refractivity contribution in [2.24, 2.45) is 0 Å². The van der Waals surface area contributed by atoms with Gasteiger partial charge in [0, 0.05) is 34.9 Å². The summed E-state index contributed by atoms with van der Waals surface area (Å²) in [4.78, 5) is 11.4. The summed E-state index contributed by atoms with van der Waals surface area (Å²) >= 11 is 12.7. The van der Waals surface area contributed by atoms with E-state index in [1.807, 2.05) is 0 Å². The van der Waals surface area contributed by atoms with Gasteiger partial charge in [-0.1, -0.05) is 41.0 Å². The lowest BCUT2D eigenvalue weighted by atomic mass is 9.96. The average molecular weight is 396 g/mol. The molecule has 26 heavy (non-hydrogen) atoms. The molecule has 0 amide bonds. The van der Waals surface area contributed by atoms with E-state index in [0.717, 1.165) is 37.0 Å². The second-order valence-corrected chi connectivity index (χ2v) is 7.83. The standard InChI is InChI=1S/C20H23Cl2NO3/c1-3-4-17(22)18(12(2)21)19-16(20(26-23-19)13-5-6-13)11-25-15-9-7-14(24)8-10-15/h3-4,13,15H,1,5-11H2,2H3/b17-4+,18-12-. The molecule has 3 rings (SSSR count). The van der Waals surface area contributed by atoms with E-state index < -0.39 is 0 Å². The fourth-order valence-electron chi connectivity index (χ4n) is 3.23. The summed E-state index contributed by atoms with van der Waals surface area (Å²) < 4.78 is 11.8. The van der Waals surface area contributed by atoms with Crippen molar-refractivity contribution in [2.45, 2.75) is 64.1 Å². The van der Waals surface area contributed by atoms with Crippen LogP contribution in [0.1, 0.15) is 68.4 Å². The van der Waals surface area contributed by atoms with Crippen LogP contribution in [0.3, 0.4) is 0 Å². The molecule has 2 fully saturated rings. The molecule has 0 atom stereocenters. The largest absolute Gasteiger partial charge is 0.373 e. The fourth-order valence-corrected chi connectivity index (χ4v) is 3.79. The maximum absolute atomic E-state index is 11.4. The van der Waals surface area contributed by atoms with Crippen LogP contribution in [-0.2, 0) is 16.1 Å². The van der Waals surface area contributed by atoms with Crippen molar-refractivity contribution in [1.29, 1.82) is 0 Å². The van der Waals surface area contributed by atoms with Gasteiger partial charge in [0.1, 0.15) is 17.2 Å². The SMILES string of the molecule is C=C/C=C(Cl)\C(=C(/C)Cl)c1noc(C2CC2)c1COC1CCC(=O)CC1. The average Bonchev–Trinajstić information content (AvgIpc) is 3.36. The number of Topliss-reactive ketones (excluding diaryl/α,β-unsaturated/α-hetero) is 1. The Morgan fingerprint density at radius 1 is 1.31 bits per heavy atom. The topological polar surface area (TPSA) is 52.3 Å². The molecule has 1 aromatic rings. The highest BCUT2D eigenvalue weighted by molar-refractivity contribution is 6.41. The first-order valence-electron chi connectivity index (χ1n) is 8.98. The number of aromatic nitrogens is 1. The molecule has 0 unspecified atom stereocenters. The number of rotatable bonds is 7. The number of carbonyl (C=O) groups is 1. The molecule has 2 aliphatic rings. The number of ketones is 1. The zero-order valence-electron chi connectivity index (χ0n) is 14.9. The van der Waals surface area contributed by atoms with E-state index in [0.29, 0.717) is 52.5 Å². The zero-order chi connectivity index (χ0) is 18.7. The van der Waals surface area contributed by atoms with E-state index in [9.17, 15) is 4.79 Å². The Morgan fingerprint density at radius 3 is 2.58 bits per heavy atom. The lowest BCUT2D eigenvalue weighted by molar-refractivity contribution is -0.123. The third-order valence-corrected chi connectivity index (χ3v) is 5.31. The smallest absolute Gasteiger partial charge is 0.145 e. The van der Waals surface area contributed by atoms with Crippen molar-refractivity contribution >= 4 is 34.6 Å². The Kier molecular flexibility index (Phi) is 6.38. The molecule has 0 spiro atoms. The van der Waals surface area contributed by atoms with Crippen LogP contribution in [0.4, 0.5) is 0 Å². The normalized spacial score (nSPS) is 20.3. The van der Waals surface area contributed by atoms with Gasteiger partial charge in [0.05, 0.1) is 17.7 Å². The molecule has 1 heterocycles. The van der Waals surface area contributed by atoms with Gasteiger partial charge in [-0.25, -0.2) is 0 Å². The third kappa shape index (κ3) is 4.48. The van der Waals surface area contributed by atoms with Gasteiger partial charge in [0.15, 0.2) is 0 Å². The molecular formula is C20H23Cl2NO3. The summed E-state index contributed by atoms with van der Waals surface area (Å²) in [6.07, 6.45) is 8.30. The fraction of sp³-hybridized carbons (Fsp3) is 0.500. The molecule has 0 aromatic carbocycles. The van der Waals surface area contributed by atoms with Crippen molar-refractivity contribution < 1.29 is 14.1 Å². The van der Waals surface area contributed by atoms with Gasteiger partial charge in [-0.05, 0) is 38.7 Å². The highest BCUT2D eigenvalue weighted by atomic mass is 35.5. The van der Waals surface area contributed by atoms with Crippen molar-refractivity contribution in [2.75, 3.05) is 0 Å². The quantitative estimate of drug-likeness (QED) is 0.542. The predicted molar refractivity (Wildman–Crippen MR) is 103 cm³/mol. The van der Waals surface area contributed by atoms with Crippen molar-refractivity contribution in [3.05, 3.63) is 45.8 Å². The molecule has 0 N–H and O–H groups in total. The van der Waals surface area contributed by atoms with E-state index in [1.54, 1.807) is 19.1 Å². The predicted octanol–water partition coefficient (Wildman–Crippen LogP) is 5.86. The molecule has 1 aromatic heterocycles. The first-order chi connectivity index (χ1) is 12.5. The molecule has 0 bridgehead atoms. The molecule has 0 radical (unpaired) electrons. The number of allylic oxidation sites excluding steroid dienone is 5. The molecule has 140 valence electrons. The Hall–Kier alpha value is -1.36. The first-order valence-corrected chi connectivity index (χ1v) is 9.74. The van der Waals surface area contributed by atoms with Gasteiger partial charge in [0.2, 0.25) is 0 Å². The minimum atomic E-state index is 0.0891. The maximum atomic E-state index is 11.4. The van der Waals surface area contributed by atoms with Crippen LogP contribution < -0.4 is 0 Å². The van der Waals surface area contributed by atoms with E-state index in [-0.39, 0.29) is 6.10 Å². The Bertz CT molecular complexity index is 745. The summed E-state index contributed by atoms with van der Waals surface area (Å²) in [6.45, 7) is 5.84. The molecule has 2 saturated carbocycles. The molecule has 6 heteroatoms. The van der Waals surface area contributed by atoms with E-state index >= 15 is 0 Å². The van der Waals surface area contributed by atoms with Crippen LogP contribution in [-0.4, -0.2) is 17.0 Å². The summed E-state index contributed by atoms with van der Waals surface area (Å²) in [7, 11) is 0. The molecule has 2 aliphatic carbocycles. The number of hydrogen-bond donors (Lipinski definition) is 0. The highest BCUT2D eigenvalue weighted by Crippen LogP contribution is 2.45. The third-order valence-electron chi connectivity index (χ3n) is 4.80. The minimum absolute atomic E-state index is 0.0891. The lowest BCUT2D eigenvalue weighted by Gasteiger charge is -2.21. The number of ether oxygens (including phenoxy) is 1. The molecule has 0 aliphatic heterocycles. The van der Waals surface area contributed by atoms with Gasteiger partial charge in [-0.2, -0.15) is 0 Å². The van der Waals surface area contributed by atoms with E-state index in [2.05, 4.69) is 11.7 Å². The molecule has 0 saturated heterocycles. The lowest BCUT2D eigenvalue weighted by Crippen LogP contribution is -2.21. The summed E-state index contributed by atoms with van der Waals surface area (Å²) in [6, 6.07) is 0. The Labute approximate surface area is 163 Å². The second-order valence-electron chi connectivity index (χ2n) is 6.86. The number of carbonyl (C=O) groups excluding carboxylic acids is 1. The summed E-state index contributed by atoms with van der Waals surface area (Å²) in [5, 5.41) is 5.27. The second kappa shape index (κ2) is 8.55. The number of nitrogens with zero attached hydrogens (tertiary/aromatic N) is 1. The minimum Gasteiger partial charge on any atom is -0.373 e. The van der Waals surface area contributed by atoms with Gasteiger partial charge in [-0.3, -0.25) is 4.79 Å². The van der Waals surface area contributed by atoms with Crippen molar-refractivity contribution in [3.8, 4) is 0 Å². The van der Waals surface area contributed by atoms with Crippen molar-refractivity contribution in [3.63, 3.8) is 0 Å². The number of hydrogen-bond acceptors (Lipinski definition) is 4.